The largest absolute Gasteiger partial charge is 0.492 e. The number of nitrogens with one attached hydrogen (secondary N) is 3. The number of pyridine rings is 1. The Hall–Kier alpha value is -4.13. The fourth-order valence-corrected chi connectivity index (χ4v) is 3.39. The second kappa shape index (κ2) is 10.3. The summed E-state index contributed by atoms with van der Waals surface area (Å²) in [6.07, 6.45) is 5.88. The molecule has 7 heteroatoms. The van der Waals surface area contributed by atoms with E-state index in [0.29, 0.717) is 30.4 Å². The average molecular weight is 428 g/mol. The molecule has 0 radical (unpaired) electrons. The molecule has 0 atom stereocenters. The van der Waals surface area contributed by atoms with Crippen LogP contribution in [0.3, 0.4) is 0 Å². The fourth-order valence-electron chi connectivity index (χ4n) is 3.39. The number of carbonyl (C=O) groups excluding carboxylic acids is 1. The number of nitrogens with zero attached hydrogens (tertiary/aromatic N) is 2. The van der Waals surface area contributed by atoms with Crippen LogP contribution >= 0.6 is 0 Å². The van der Waals surface area contributed by atoms with Gasteiger partial charge in [-0.1, -0.05) is 30.3 Å². The van der Waals surface area contributed by atoms with Gasteiger partial charge in [0.1, 0.15) is 5.75 Å². The first-order valence-electron chi connectivity index (χ1n) is 10.5. The molecule has 0 unspecified atom stereocenters. The van der Waals surface area contributed by atoms with E-state index in [0.717, 1.165) is 17.6 Å². The molecule has 0 fully saturated rings. The van der Waals surface area contributed by atoms with Crippen LogP contribution in [0.25, 0.3) is 10.9 Å². The Bertz CT molecular complexity index is 1220. The highest BCUT2D eigenvalue weighted by atomic mass is 16.5. The molecule has 4 aromatic rings. The van der Waals surface area contributed by atoms with E-state index in [4.69, 9.17) is 4.74 Å². The molecule has 3 N–H and O–H groups in total. The number of guanidine groups is 1. The lowest BCUT2D eigenvalue weighted by Crippen LogP contribution is -2.36. The van der Waals surface area contributed by atoms with Gasteiger partial charge in [-0.3, -0.25) is 20.1 Å². The molecule has 0 aliphatic rings. The highest BCUT2D eigenvalue weighted by molar-refractivity contribution is 6.10. The van der Waals surface area contributed by atoms with Crippen LogP contribution in [0.15, 0.2) is 84.2 Å². The van der Waals surface area contributed by atoms with Crippen LogP contribution in [0.1, 0.15) is 22.8 Å². The number of aliphatic imine (C=N–C) groups is 1. The predicted octanol–water partition coefficient (Wildman–Crippen LogP) is 4.40. The van der Waals surface area contributed by atoms with Crippen LogP contribution in [-0.4, -0.2) is 35.0 Å². The topological polar surface area (TPSA) is 91.4 Å². The monoisotopic (exact) mass is 427 g/mol. The van der Waals surface area contributed by atoms with Gasteiger partial charge in [0.25, 0.3) is 5.91 Å². The minimum Gasteiger partial charge on any atom is -0.492 e. The number of anilines is 1. The molecule has 0 saturated heterocycles. The zero-order valence-electron chi connectivity index (χ0n) is 17.8. The Kier molecular flexibility index (Phi) is 6.77. The summed E-state index contributed by atoms with van der Waals surface area (Å²) in [6.45, 7) is 2.96. The number of benzene rings is 2. The Balaban J connectivity index is 1.54. The van der Waals surface area contributed by atoms with E-state index in [1.807, 2.05) is 55.6 Å². The molecule has 0 aliphatic carbocycles. The normalized spacial score (nSPS) is 11.3. The van der Waals surface area contributed by atoms with E-state index in [1.165, 1.54) is 17.1 Å². The van der Waals surface area contributed by atoms with E-state index in [2.05, 4.69) is 31.7 Å². The molecule has 0 aliphatic heterocycles. The molecule has 4 rings (SSSR count). The van der Waals surface area contributed by atoms with Crippen LogP contribution in [0.2, 0.25) is 0 Å². The molecule has 7 nitrogen and oxygen atoms in total. The van der Waals surface area contributed by atoms with Crippen molar-refractivity contribution in [3.63, 3.8) is 0 Å². The summed E-state index contributed by atoms with van der Waals surface area (Å²) in [5.74, 6) is 0.756. The lowest BCUT2D eigenvalue weighted by Gasteiger charge is -2.15. The Labute approximate surface area is 186 Å². The second-order valence-corrected chi connectivity index (χ2v) is 7.09. The van der Waals surface area contributed by atoms with Crippen LogP contribution in [-0.2, 0) is 6.42 Å². The molecule has 32 heavy (non-hydrogen) atoms. The Morgan fingerprint density at radius 1 is 1.09 bits per heavy atom. The fraction of sp³-hybridized carbons (Fsp3) is 0.160. The molecule has 0 bridgehead atoms. The van der Waals surface area contributed by atoms with Gasteiger partial charge in [0.2, 0.25) is 5.96 Å². The molecule has 0 spiro atoms. The van der Waals surface area contributed by atoms with Gasteiger partial charge in [0.05, 0.1) is 17.9 Å². The summed E-state index contributed by atoms with van der Waals surface area (Å²) in [5, 5.41) is 7.26. The predicted molar refractivity (Wildman–Crippen MR) is 127 cm³/mol. The first-order chi connectivity index (χ1) is 15.7. The maximum absolute atomic E-state index is 12.7. The maximum atomic E-state index is 12.7. The quantitative estimate of drug-likeness (QED) is 0.301. The smallest absolute Gasteiger partial charge is 0.259 e. The minimum atomic E-state index is -0.287. The van der Waals surface area contributed by atoms with Crippen molar-refractivity contribution in [3.05, 3.63) is 90.4 Å². The number of aromatic amines is 1. The lowest BCUT2D eigenvalue weighted by atomic mass is 10.1. The molecule has 0 saturated carbocycles. The van der Waals surface area contributed by atoms with Crippen LogP contribution in [0.4, 0.5) is 5.69 Å². The van der Waals surface area contributed by atoms with Crippen molar-refractivity contribution in [2.24, 2.45) is 4.99 Å². The third-order valence-electron chi connectivity index (χ3n) is 4.92. The van der Waals surface area contributed by atoms with Crippen LogP contribution in [0.5, 0.6) is 5.75 Å². The van der Waals surface area contributed by atoms with Gasteiger partial charge in [-0.25, -0.2) is 0 Å². The summed E-state index contributed by atoms with van der Waals surface area (Å²) in [5.41, 5.74) is 3.46. The van der Waals surface area contributed by atoms with Gasteiger partial charge in [-0.2, -0.15) is 0 Å². The average Bonchev–Trinajstić information content (AvgIpc) is 3.24. The summed E-state index contributed by atoms with van der Waals surface area (Å²) in [4.78, 5) is 24.7. The number of amides is 1. The number of H-pyrrole nitrogens is 1. The molecular weight excluding hydrogens is 402 g/mol. The summed E-state index contributed by atoms with van der Waals surface area (Å²) >= 11 is 0. The van der Waals surface area contributed by atoms with Gasteiger partial charge in [-0.15, -0.1) is 0 Å². The van der Waals surface area contributed by atoms with E-state index in [1.54, 1.807) is 18.3 Å². The SMILES string of the molecule is CCOc1ccccc1NC(=NCCc1c[nH]c2ccccc12)NC(=O)c1cccnc1. The number of rotatable bonds is 7. The van der Waals surface area contributed by atoms with Gasteiger partial charge in [0.15, 0.2) is 0 Å². The van der Waals surface area contributed by atoms with Crippen LogP contribution in [0, 0.1) is 0 Å². The van der Waals surface area contributed by atoms with Gasteiger partial charge in [0, 0.05) is 36.0 Å². The lowest BCUT2D eigenvalue weighted by molar-refractivity contribution is 0.0976. The van der Waals surface area contributed by atoms with Crippen molar-refractivity contribution >= 4 is 28.5 Å². The van der Waals surface area contributed by atoms with Crippen molar-refractivity contribution in [2.75, 3.05) is 18.5 Å². The van der Waals surface area contributed by atoms with E-state index in [-0.39, 0.29) is 5.91 Å². The number of aromatic nitrogens is 2. The second-order valence-electron chi connectivity index (χ2n) is 7.09. The van der Waals surface area contributed by atoms with Crippen molar-refractivity contribution in [2.45, 2.75) is 13.3 Å². The highest BCUT2D eigenvalue weighted by Crippen LogP contribution is 2.23. The number of hydrogen-bond donors (Lipinski definition) is 3. The molecule has 1 amide bonds. The number of fused-ring (bicyclic) bond motifs is 1. The molecule has 2 heterocycles. The standard InChI is InChI=1S/C25H25N5O2/c1-2-32-23-12-6-5-11-22(23)29-25(30-24(31)19-8-7-14-26-16-19)27-15-13-18-17-28-21-10-4-3-9-20(18)21/h3-12,14,16-17,28H,2,13,15H2,1H3,(H2,27,29,30,31). The van der Waals surface area contributed by atoms with Crippen molar-refractivity contribution in [1.82, 2.24) is 15.3 Å². The third kappa shape index (κ3) is 5.13. The third-order valence-corrected chi connectivity index (χ3v) is 4.92. The number of hydrogen-bond acceptors (Lipinski definition) is 4. The molecular formula is C25H25N5O2. The van der Waals surface area contributed by atoms with Gasteiger partial charge < -0.3 is 15.0 Å². The number of para-hydroxylation sites is 3. The van der Waals surface area contributed by atoms with E-state index < -0.39 is 0 Å². The highest BCUT2D eigenvalue weighted by Gasteiger charge is 2.12. The van der Waals surface area contributed by atoms with E-state index in [9.17, 15) is 4.79 Å². The Morgan fingerprint density at radius 2 is 1.94 bits per heavy atom. The van der Waals surface area contributed by atoms with Crippen molar-refractivity contribution in [1.29, 1.82) is 0 Å². The van der Waals surface area contributed by atoms with Crippen molar-refractivity contribution < 1.29 is 9.53 Å². The summed E-state index contributed by atoms with van der Waals surface area (Å²) in [7, 11) is 0. The van der Waals surface area contributed by atoms with Gasteiger partial charge >= 0.3 is 0 Å². The maximum Gasteiger partial charge on any atom is 0.259 e. The zero-order chi connectivity index (χ0) is 22.2. The Morgan fingerprint density at radius 3 is 2.78 bits per heavy atom. The number of ether oxygens (including phenoxy) is 1. The van der Waals surface area contributed by atoms with E-state index >= 15 is 0 Å². The first-order valence-corrected chi connectivity index (χ1v) is 10.5. The molecule has 162 valence electrons. The number of carbonyl (C=O) groups is 1. The first kappa shape index (κ1) is 21.1. The molecule has 2 aromatic carbocycles. The minimum absolute atomic E-state index is 0.287. The molecule has 2 aromatic heterocycles. The zero-order valence-corrected chi connectivity index (χ0v) is 17.8. The van der Waals surface area contributed by atoms with Gasteiger partial charge in [-0.05, 0) is 49.2 Å². The van der Waals surface area contributed by atoms with Crippen molar-refractivity contribution in [3.8, 4) is 5.75 Å². The van der Waals surface area contributed by atoms with Crippen LogP contribution < -0.4 is 15.4 Å². The summed E-state index contributed by atoms with van der Waals surface area (Å²) < 4.78 is 5.69. The summed E-state index contributed by atoms with van der Waals surface area (Å²) in [6, 6.07) is 19.2.